The lowest BCUT2D eigenvalue weighted by Gasteiger charge is -2.22. The van der Waals surface area contributed by atoms with Crippen molar-refractivity contribution < 1.29 is 9.21 Å². The van der Waals surface area contributed by atoms with Crippen molar-refractivity contribution in [2.45, 2.75) is 25.8 Å². The molecule has 2 rings (SSSR count). The van der Waals surface area contributed by atoms with Crippen molar-refractivity contribution in [2.75, 3.05) is 20.1 Å². The van der Waals surface area contributed by atoms with Gasteiger partial charge >= 0.3 is 0 Å². The minimum absolute atomic E-state index is 0.0711. The minimum atomic E-state index is 0.0711. The fourth-order valence-electron chi connectivity index (χ4n) is 2.37. The number of aryl methyl sites for hydroxylation is 1. The van der Waals surface area contributed by atoms with E-state index in [0.29, 0.717) is 6.04 Å². The molecule has 18 heavy (non-hydrogen) atoms. The number of amides is 1. The fraction of sp³-hybridized carbons (Fsp3) is 0.500. The molecule has 2 heterocycles. The first kappa shape index (κ1) is 12.9. The Bertz CT molecular complexity index is 437. The largest absolute Gasteiger partial charge is 0.462 e. The maximum Gasteiger partial charge on any atom is 0.246 e. The van der Waals surface area contributed by atoms with Crippen LogP contribution in [-0.4, -0.2) is 37.0 Å². The Labute approximate surface area is 108 Å². The van der Waals surface area contributed by atoms with E-state index in [1.807, 2.05) is 31.0 Å². The molecule has 1 N–H and O–H groups in total. The van der Waals surface area contributed by atoms with Crippen molar-refractivity contribution in [1.29, 1.82) is 0 Å². The van der Waals surface area contributed by atoms with Crippen LogP contribution in [0.5, 0.6) is 0 Å². The molecular formula is C14H20N2O2. The summed E-state index contributed by atoms with van der Waals surface area (Å²) < 4.78 is 5.40. The summed E-state index contributed by atoms with van der Waals surface area (Å²) in [6.45, 7) is 3.61. The molecule has 1 atom stereocenters. The first-order chi connectivity index (χ1) is 8.70. The van der Waals surface area contributed by atoms with Crippen LogP contribution in [0, 0.1) is 6.92 Å². The molecular weight excluding hydrogens is 228 g/mol. The van der Waals surface area contributed by atoms with Gasteiger partial charge in [0.25, 0.3) is 0 Å². The molecule has 98 valence electrons. The second-order valence-electron chi connectivity index (χ2n) is 4.67. The van der Waals surface area contributed by atoms with Crippen LogP contribution in [0.3, 0.4) is 0 Å². The van der Waals surface area contributed by atoms with Gasteiger partial charge in [-0.25, -0.2) is 0 Å². The molecule has 1 aromatic heterocycles. The third-order valence-electron chi connectivity index (χ3n) is 3.25. The second-order valence-corrected chi connectivity index (χ2v) is 4.67. The van der Waals surface area contributed by atoms with Crippen LogP contribution in [0.1, 0.15) is 24.4 Å². The molecule has 0 saturated carbocycles. The summed E-state index contributed by atoms with van der Waals surface area (Å²) in [6, 6.07) is 4.09. The van der Waals surface area contributed by atoms with E-state index in [0.717, 1.165) is 37.5 Å². The number of hydrogen-bond donors (Lipinski definition) is 1. The average Bonchev–Trinajstić information content (AvgIpc) is 2.96. The van der Waals surface area contributed by atoms with E-state index in [1.165, 1.54) is 0 Å². The summed E-state index contributed by atoms with van der Waals surface area (Å²) in [5.74, 6) is 1.66. The molecule has 0 aromatic carbocycles. The molecule has 1 saturated heterocycles. The molecule has 0 radical (unpaired) electrons. The van der Waals surface area contributed by atoms with Crippen molar-refractivity contribution in [3.63, 3.8) is 0 Å². The summed E-state index contributed by atoms with van der Waals surface area (Å²) in [5, 5.41) is 3.14. The third-order valence-corrected chi connectivity index (χ3v) is 3.25. The van der Waals surface area contributed by atoms with Crippen LogP contribution in [0.15, 0.2) is 22.6 Å². The van der Waals surface area contributed by atoms with Gasteiger partial charge in [0.2, 0.25) is 5.91 Å². The van der Waals surface area contributed by atoms with Gasteiger partial charge in [-0.1, -0.05) is 0 Å². The van der Waals surface area contributed by atoms with E-state index in [-0.39, 0.29) is 5.91 Å². The van der Waals surface area contributed by atoms with Crippen LogP contribution in [0.2, 0.25) is 0 Å². The Morgan fingerprint density at radius 2 is 2.44 bits per heavy atom. The predicted octanol–water partition coefficient (Wildman–Crippen LogP) is 1.81. The molecule has 0 spiro atoms. The number of nitrogens with zero attached hydrogens (tertiary/aromatic N) is 1. The standard InChI is InChI=1S/C14H20N2O2/c1-11-5-6-13(18-11)7-8-14(17)16-9-3-4-12(16)10-15-2/h5-8,12,15H,3-4,9-10H2,1-2H3. The molecule has 1 aromatic rings. The summed E-state index contributed by atoms with van der Waals surface area (Å²) in [4.78, 5) is 14.0. The summed E-state index contributed by atoms with van der Waals surface area (Å²) in [6.07, 6.45) is 5.52. The van der Waals surface area contributed by atoms with Gasteiger partial charge < -0.3 is 14.6 Å². The number of carbonyl (C=O) groups excluding carboxylic acids is 1. The zero-order valence-electron chi connectivity index (χ0n) is 11.0. The monoisotopic (exact) mass is 248 g/mol. The molecule has 4 nitrogen and oxygen atoms in total. The zero-order valence-corrected chi connectivity index (χ0v) is 11.0. The van der Waals surface area contributed by atoms with E-state index < -0.39 is 0 Å². The summed E-state index contributed by atoms with van der Waals surface area (Å²) in [5.41, 5.74) is 0. The molecule has 1 unspecified atom stereocenters. The predicted molar refractivity (Wildman–Crippen MR) is 71.1 cm³/mol. The first-order valence-corrected chi connectivity index (χ1v) is 6.40. The van der Waals surface area contributed by atoms with Gasteiger partial charge in [-0.05, 0) is 45.0 Å². The van der Waals surface area contributed by atoms with Gasteiger partial charge in [-0.15, -0.1) is 0 Å². The SMILES string of the molecule is CNCC1CCCN1C(=O)C=Cc1ccc(C)o1. The number of likely N-dealkylation sites (N-methyl/N-ethyl adjacent to an activating group) is 1. The number of furan rings is 1. The van der Waals surface area contributed by atoms with E-state index in [9.17, 15) is 4.79 Å². The highest BCUT2D eigenvalue weighted by Gasteiger charge is 2.26. The number of likely N-dealkylation sites (tertiary alicyclic amines) is 1. The van der Waals surface area contributed by atoms with Crippen LogP contribution < -0.4 is 5.32 Å². The van der Waals surface area contributed by atoms with E-state index >= 15 is 0 Å². The molecule has 1 aliphatic heterocycles. The van der Waals surface area contributed by atoms with Crippen LogP contribution in [-0.2, 0) is 4.79 Å². The number of nitrogens with one attached hydrogen (secondary N) is 1. The van der Waals surface area contributed by atoms with Gasteiger partial charge in [0.15, 0.2) is 0 Å². The van der Waals surface area contributed by atoms with E-state index in [2.05, 4.69) is 5.32 Å². The topological polar surface area (TPSA) is 45.5 Å². The average molecular weight is 248 g/mol. The van der Waals surface area contributed by atoms with Crippen molar-refractivity contribution in [3.8, 4) is 0 Å². The Morgan fingerprint density at radius 1 is 1.61 bits per heavy atom. The highest BCUT2D eigenvalue weighted by molar-refractivity contribution is 5.91. The maximum atomic E-state index is 12.1. The van der Waals surface area contributed by atoms with Crippen molar-refractivity contribution in [2.24, 2.45) is 0 Å². The van der Waals surface area contributed by atoms with Gasteiger partial charge in [0.05, 0.1) is 0 Å². The minimum Gasteiger partial charge on any atom is -0.462 e. The lowest BCUT2D eigenvalue weighted by Crippen LogP contribution is -2.39. The fourth-order valence-corrected chi connectivity index (χ4v) is 2.37. The Morgan fingerprint density at radius 3 is 3.11 bits per heavy atom. The third kappa shape index (κ3) is 3.01. The maximum absolute atomic E-state index is 12.1. The summed E-state index contributed by atoms with van der Waals surface area (Å²) in [7, 11) is 1.92. The van der Waals surface area contributed by atoms with E-state index in [4.69, 9.17) is 4.42 Å². The molecule has 4 heteroatoms. The molecule has 0 bridgehead atoms. The van der Waals surface area contributed by atoms with Crippen LogP contribution >= 0.6 is 0 Å². The van der Waals surface area contributed by atoms with Gasteiger partial charge in [-0.3, -0.25) is 4.79 Å². The van der Waals surface area contributed by atoms with Crippen molar-refractivity contribution in [3.05, 3.63) is 29.7 Å². The lowest BCUT2D eigenvalue weighted by molar-refractivity contribution is -0.126. The Balaban J connectivity index is 1.96. The van der Waals surface area contributed by atoms with Crippen molar-refractivity contribution >= 4 is 12.0 Å². The van der Waals surface area contributed by atoms with Crippen molar-refractivity contribution in [1.82, 2.24) is 10.2 Å². The molecule has 0 aliphatic carbocycles. The van der Waals surface area contributed by atoms with Crippen LogP contribution in [0.25, 0.3) is 6.08 Å². The van der Waals surface area contributed by atoms with Crippen LogP contribution in [0.4, 0.5) is 0 Å². The van der Waals surface area contributed by atoms with Gasteiger partial charge in [0, 0.05) is 25.2 Å². The highest BCUT2D eigenvalue weighted by atomic mass is 16.3. The molecule has 1 aliphatic rings. The number of rotatable bonds is 4. The Hall–Kier alpha value is -1.55. The Kier molecular flexibility index (Phi) is 4.20. The highest BCUT2D eigenvalue weighted by Crippen LogP contribution is 2.17. The van der Waals surface area contributed by atoms with Gasteiger partial charge in [-0.2, -0.15) is 0 Å². The number of carbonyl (C=O) groups is 1. The quantitative estimate of drug-likeness (QED) is 0.827. The normalized spacial score (nSPS) is 19.9. The zero-order chi connectivity index (χ0) is 13.0. The smallest absolute Gasteiger partial charge is 0.246 e. The lowest BCUT2D eigenvalue weighted by atomic mass is 10.2. The first-order valence-electron chi connectivity index (χ1n) is 6.40. The molecule has 1 amide bonds. The second kappa shape index (κ2) is 5.87. The summed E-state index contributed by atoms with van der Waals surface area (Å²) >= 11 is 0. The molecule has 1 fully saturated rings. The van der Waals surface area contributed by atoms with E-state index in [1.54, 1.807) is 12.2 Å². The number of hydrogen-bond acceptors (Lipinski definition) is 3. The van der Waals surface area contributed by atoms with Gasteiger partial charge in [0.1, 0.15) is 11.5 Å².